The molecule has 0 atom stereocenters. The second-order valence-electron chi connectivity index (χ2n) is 3.35. The van der Waals surface area contributed by atoms with E-state index in [0.717, 1.165) is 6.07 Å². The largest absolute Gasteiger partial charge is 0.433 e. The van der Waals surface area contributed by atoms with Crippen molar-refractivity contribution in [3.8, 4) is 0 Å². The fourth-order valence-electron chi connectivity index (χ4n) is 1.16. The molecule has 0 unspecified atom stereocenters. The van der Waals surface area contributed by atoms with Gasteiger partial charge in [0.1, 0.15) is 5.69 Å². The van der Waals surface area contributed by atoms with Crippen LogP contribution in [-0.4, -0.2) is 9.91 Å². The Hall–Kier alpha value is -2.38. The maximum Gasteiger partial charge on any atom is 0.433 e. The Kier molecular flexibility index (Phi) is 4.62. The Bertz CT molecular complexity index is 524. The number of pyridine rings is 1. The highest BCUT2D eigenvalue weighted by atomic mass is 19.4. The number of rotatable bonds is 4. The molecule has 8 heteroatoms. The van der Waals surface area contributed by atoms with Crippen molar-refractivity contribution >= 4 is 11.5 Å². The third kappa shape index (κ3) is 4.09. The topological polar surface area (TPSA) is 68.1 Å². The Morgan fingerprint density at radius 1 is 1.37 bits per heavy atom. The first-order chi connectivity index (χ1) is 8.86. The maximum absolute atomic E-state index is 12.5. The van der Waals surface area contributed by atoms with Gasteiger partial charge in [-0.1, -0.05) is 12.2 Å². The molecular weight excluding hydrogens is 263 g/mol. The number of nitrogens with one attached hydrogen (secondary N) is 1. The van der Waals surface area contributed by atoms with Crippen LogP contribution >= 0.6 is 0 Å². The number of halogens is 3. The molecule has 1 aromatic rings. The van der Waals surface area contributed by atoms with E-state index in [4.69, 9.17) is 0 Å². The highest BCUT2D eigenvalue weighted by Crippen LogP contribution is 2.31. The summed E-state index contributed by atoms with van der Waals surface area (Å²) in [6.45, 7) is 1.75. The number of aromatic nitrogens is 1. The van der Waals surface area contributed by atoms with Gasteiger partial charge in [0.15, 0.2) is 0 Å². The van der Waals surface area contributed by atoms with E-state index in [-0.39, 0.29) is 0 Å². The van der Waals surface area contributed by atoms with E-state index in [9.17, 15) is 23.3 Å². The average Bonchev–Trinajstić information content (AvgIpc) is 2.33. The monoisotopic (exact) mass is 273 g/mol. The second kappa shape index (κ2) is 5.98. The SMILES string of the molecule is C/C=C/C=C/Nc1nc(C(F)(F)F)ccc1[N+](=O)[O-]. The normalized spacial score (nSPS) is 12.2. The van der Waals surface area contributed by atoms with E-state index < -0.39 is 28.3 Å². The number of hydrogen-bond donors (Lipinski definition) is 1. The van der Waals surface area contributed by atoms with Crippen molar-refractivity contribution in [2.45, 2.75) is 13.1 Å². The lowest BCUT2D eigenvalue weighted by molar-refractivity contribution is -0.384. The lowest BCUT2D eigenvalue weighted by Crippen LogP contribution is -2.10. The molecule has 0 saturated carbocycles. The second-order valence-corrected chi connectivity index (χ2v) is 3.35. The van der Waals surface area contributed by atoms with Crippen molar-refractivity contribution in [3.63, 3.8) is 0 Å². The number of anilines is 1. The predicted octanol–water partition coefficient (Wildman–Crippen LogP) is 3.51. The Labute approximate surface area is 106 Å². The van der Waals surface area contributed by atoms with Crippen molar-refractivity contribution < 1.29 is 18.1 Å². The number of nitro groups is 1. The molecule has 1 rings (SSSR count). The van der Waals surface area contributed by atoms with Crippen LogP contribution in [0.5, 0.6) is 0 Å². The van der Waals surface area contributed by atoms with Gasteiger partial charge in [-0.05, 0) is 19.1 Å². The van der Waals surface area contributed by atoms with Crippen molar-refractivity contribution in [2.75, 3.05) is 5.32 Å². The molecule has 0 aromatic carbocycles. The molecule has 0 radical (unpaired) electrons. The van der Waals surface area contributed by atoms with Gasteiger partial charge in [-0.2, -0.15) is 13.2 Å². The van der Waals surface area contributed by atoms with Gasteiger partial charge in [-0.15, -0.1) is 0 Å². The zero-order valence-electron chi connectivity index (χ0n) is 9.81. The van der Waals surface area contributed by atoms with Crippen LogP contribution in [0, 0.1) is 10.1 Å². The summed E-state index contributed by atoms with van der Waals surface area (Å²) < 4.78 is 37.4. The van der Waals surface area contributed by atoms with Gasteiger partial charge in [0.05, 0.1) is 4.92 Å². The van der Waals surface area contributed by atoms with Crippen molar-refractivity contribution in [2.24, 2.45) is 0 Å². The summed E-state index contributed by atoms with van der Waals surface area (Å²) in [5.74, 6) is -0.458. The lowest BCUT2D eigenvalue weighted by Gasteiger charge is -2.07. The first-order valence-corrected chi connectivity index (χ1v) is 5.13. The highest BCUT2D eigenvalue weighted by molar-refractivity contribution is 5.57. The number of alkyl halides is 3. The van der Waals surface area contributed by atoms with Crippen LogP contribution in [0.1, 0.15) is 12.6 Å². The van der Waals surface area contributed by atoms with E-state index in [1.54, 1.807) is 19.1 Å². The van der Waals surface area contributed by atoms with E-state index in [2.05, 4.69) is 10.3 Å². The van der Waals surface area contributed by atoms with Crippen molar-refractivity contribution in [1.29, 1.82) is 0 Å². The fourth-order valence-corrected chi connectivity index (χ4v) is 1.16. The summed E-state index contributed by atoms with van der Waals surface area (Å²) in [5, 5.41) is 13.0. The van der Waals surface area contributed by atoms with Gasteiger partial charge in [0, 0.05) is 12.3 Å². The molecule has 0 bridgehead atoms. The van der Waals surface area contributed by atoms with Gasteiger partial charge >= 0.3 is 11.9 Å². The molecular formula is C11H10F3N3O2. The summed E-state index contributed by atoms with van der Waals surface area (Å²) in [4.78, 5) is 13.1. The Balaban J connectivity index is 3.12. The zero-order valence-corrected chi connectivity index (χ0v) is 9.81. The molecule has 19 heavy (non-hydrogen) atoms. The van der Waals surface area contributed by atoms with Gasteiger partial charge < -0.3 is 5.32 Å². The molecule has 0 amide bonds. The molecule has 0 fully saturated rings. The van der Waals surface area contributed by atoms with Crippen LogP contribution < -0.4 is 5.32 Å². The van der Waals surface area contributed by atoms with Crippen LogP contribution in [0.25, 0.3) is 0 Å². The molecule has 5 nitrogen and oxygen atoms in total. The number of nitrogens with zero attached hydrogens (tertiary/aromatic N) is 2. The zero-order chi connectivity index (χ0) is 14.5. The summed E-state index contributed by atoms with van der Waals surface area (Å²) in [7, 11) is 0. The van der Waals surface area contributed by atoms with E-state index >= 15 is 0 Å². The summed E-state index contributed by atoms with van der Waals surface area (Å²) in [6.07, 6.45) is 1.37. The Morgan fingerprint density at radius 2 is 2.05 bits per heavy atom. The van der Waals surface area contributed by atoms with Crippen LogP contribution in [0.15, 0.2) is 36.6 Å². The van der Waals surface area contributed by atoms with Crippen LogP contribution in [0.3, 0.4) is 0 Å². The van der Waals surface area contributed by atoms with Crippen LogP contribution in [0.2, 0.25) is 0 Å². The minimum absolute atomic E-state index is 0.458. The van der Waals surface area contributed by atoms with Gasteiger partial charge in [-0.3, -0.25) is 10.1 Å². The molecule has 0 aliphatic rings. The van der Waals surface area contributed by atoms with E-state index in [1.807, 2.05) is 0 Å². The predicted molar refractivity (Wildman–Crippen MR) is 63.5 cm³/mol. The first-order valence-electron chi connectivity index (χ1n) is 5.13. The first kappa shape index (κ1) is 14.7. The van der Waals surface area contributed by atoms with Gasteiger partial charge in [0.25, 0.3) is 0 Å². The minimum atomic E-state index is -4.65. The quantitative estimate of drug-likeness (QED) is 0.518. The molecule has 0 aliphatic heterocycles. The lowest BCUT2D eigenvalue weighted by atomic mass is 10.3. The van der Waals surface area contributed by atoms with Crippen LogP contribution in [-0.2, 0) is 6.18 Å². The van der Waals surface area contributed by atoms with E-state index in [0.29, 0.717) is 6.07 Å². The number of allylic oxidation sites excluding steroid dienone is 3. The molecule has 102 valence electrons. The van der Waals surface area contributed by atoms with Crippen molar-refractivity contribution in [1.82, 2.24) is 4.98 Å². The Morgan fingerprint density at radius 3 is 2.58 bits per heavy atom. The van der Waals surface area contributed by atoms with E-state index in [1.165, 1.54) is 12.3 Å². The number of hydrogen-bond acceptors (Lipinski definition) is 4. The van der Waals surface area contributed by atoms with Gasteiger partial charge in [0.2, 0.25) is 5.82 Å². The molecule has 1 aromatic heterocycles. The molecule has 1 N–H and O–H groups in total. The third-order valence-corrected chi connectivity index (χ3v) is 1.98. The molecule has 0 spiro atoms. The standard InChI is InChI=1S/C11H10F3N3O2/c1-2-3-4-7-15-10-8(17(18)19)5-6-9(16-10)11(12,13)14/h2-7H,1H3,(H,15,16)/b3-2+,7-4+. The molecule has 0 aliphatic carbocycles. The maximum atomic E-state index is 12.5. The highest BCUT2D eigenvalue weighted by Gasteiger charge is 2.34. The molecule has 1 heterocycles. The molecule has 0 saturated heterocycles. The minimum Gasteiger partial charge on any atom is -0.341 e. The van der Waals surface area contributed by atoms with Gasteiger partial charge in [-0.25, -0.2) is 4.98 Å². The summed E-state index contributed by atoms with van der Waals surface area (Å²) >= 11 is 0. The van der Waals surface area contributed by atoms with Crippen LogP contribution in [0.4, 0.5) is 24.7 Å². The average molecular weight is 273 g/mol. The summed E-state index contributed by atoms with van der Waals surface area (Å²) in [5.41, 5.74) is -1.72. The fraction of sp³-hybridized carbons (Fsp3) is 0.182. The summed E-state index contributed by atoms with van der Waals surface area (Å²) in [6, 6.07) is 1.33. The third-order valence-electron chi connectivity index (χ3n) is 1.98. The van der Waals surface area contributed by atoms with Crippen molar-refractivity contribution in [3.05, 3.63) is 52.4 Å². The smallest absolute Gasteiger partial charge is 0.341 e.